The highest BCUT2D eigenvalue weighted by molar-refractivity contribution is 14.1. The Morgan fingerprint density at radius 2 is 0.536 bits per heavy atom. The summed E-state index contributed by atoms with van der Waals surface area (Å²) in [4.78, 5) is 0. The van der Waals surface area contributed by atoms with E-state index in [1.54, 1.807) is 16.7 Å². The highest BCUT2D eigenvalue weighted by Crippen LogP contribution is 2.63. The van der Waals surface area contributed by atoms with Gasteiger partial charge in [-0.15, -0.1) is 0 Å². The van der Waals surface area contributed by atoms with Crippen LogP contribution in [0.15, 0.2) is 28.7 Å². The van der Waals surface area contributed by atoms with Crippen LogP contribution in [0.1, 0.15) is 384 Å². The highest BCUT2D eigenvalue weighted by atomic mass is 127. The molecular formula is C76H120BrIN4S2. The number of fused-ring (bicyclic) bond motifs is 10. The van der Waals surface area contributed by atoms with Crippen molar-refractivity contribution in [3.63, 3.8) is 0 Å². The largest absolute Gasteiger partial charge is 0.172 e. The first-order valence-corrected chi connectivity index (χ1v) is 39.9. The standard InChI is InChI=1S/C76H120BrIN4S2/c1-5-9-13-17-21-25-29-33-37-41-45-49-53-75(54-50-46-42-38-34-30-26-22-18-14-10-6-2)63-58-62-64(57-61(63)69-65(75)59-67(77)71-73(69)81-83-79-71)76(66-60-68(78)72-74(70(62)66)82-84-80-72,55-51-47-43-39-35-31-27-23-19-15-11-7-3)56-52-48-44-40-36-32-28-24-20-16-12-8-4/h57-60H,5-56H2,1-4H3. The van der Waals surface area contributed by atoms with Crippen molar-refractivity contribution in [1.82, 2.24) is 17.5 Å². The summed E-state index contributed by atoms with van der Waals surface area (Å²) in [6.45, 7) is 9.32. The summed E-state index contributed by atoms with van der Waals surface area (Å²) in [6.07, 6.45) is 71.2. The Hall–Kier alpha value is -1.49. The second-order valence-corrected chi connectivity index (χ2v) is 30.2. The lowest BCUT2D eigenvalue weighted by molar-refractivity contribution is 0.393. The fraction of sp³-hybridized carbons (Fsp3) is 0.763. The van der Waals surface area contributed by atoms with E-state index in [1.807, 2.05) is 0 Å². The summed E-state index contributed by atoms with van der Waals surface area (Å²) in [5.41, 5.74) is 16.4. The van der Waals surface area contributed by atoms with E-state index in [1.165, 1.54) is 389 Å². The van der Waals surface area contributed by atoms with Crippen molar-refractivity contribution in [3.05, 3.63) is 54.6 Å². The molecule has 2 aliphatic carbocycles. The summed E-state index contributed by atoms with van der Waals surface area (Å²) >= 11 is 9.62. The first-order valence-electron chi connectivity index (χ1n) is 36.6. The molecule has 0 radical (unpaired) electrons. The molecule has 0 fully saturated rings. The molecule has 0 saturated heterocycles. The Morgan fingerprint density at radius 3 is 0.833 bits per heavy atom. The Morgan fingerprint density at radius 1 is 0.298 bits per heavy atom. The van der Waals surface area contributed by atoms with Crippen LogP contribution in [0.25, 0.3) is 44.3 Å². The summed E-state index contributed by atoms with van der Waals surface area (Å²) in [6, 6.07) is 10.8. The van der Waals surface area contributed by atoms with Crippen molar-refractivity contribution in [1.29, 1.82) is 0 Å². The van der Waals surface area contributed by atoms with E-state index in [2.05, 4.69) is 90.5 Å². The third-order valence-corrected chi connectivity index (χ3v) is 23.1. The van der Waals surface area contributed by atoms with Gasteiger partial charge in [0.1, 0.15) is 22.1 Å². The quantitative estimate of drug-likeness (QED) is 0.0288. The molecule has 2 aromatic heterocycles. The van der Waals surface area contributed by atoms with E-state index < -0.39 is 0 Å². The van der Waals surface area contributed by atoms with Crippen molar-refractivity contribution in [2.45, 2.75) is 372 Å². The van der Waals surface area contributed by atoms with Gasteiger partial charge in [0.05, 0.1) is 23.5 Å². The van der Waals surface area contributed by atoms with E-state index >= 15 is 0 Å². The average molecular weight is 1360 g/mol. The Balaban J connectivity index is 1.19. The maximum absolute atomic E-state index is 5.29. The molecule has 7 rings (SSSR count). The lowest BCUT2D eigenvalue weighted by Crippen LogP contribution is -2.27. The first-order chi connectivity index (χ1) is 41.5. The predicted octanol–water partition coefficient (Wildman–Crippen LogP) is 28.0. The van der Waals surface area contributed by atoms with Gasteiger partial charge in [-0.2, -0.15) is 17.5 Å². The number of unbranched alkanes of at least 4 members (excludes halogenated alkanes) is 44. The fourth-order valence-electron chi connectivity index (χ4n) is 15.6. The molecule has 0 aliphatic heterocycles. The number of aromatic nitrogens is 4. The monoisotopic (exact) mass is 1360 g/mol. The zero-order valence-corrected chi connectivity index (χ0v) is 59.8. The number of nitrogens with zero attached hydrogens (tertiary/aromatic N) is 4. The van der Waals surface area contributed by atoms with Gasteiger partial charge in [0, 0.05) is 30.0 Å². The summed E-state index contributed by atoms with van der Waals surface area (Å²) in [7, 11) is 0. The predicted molar refractivity (Wildman–Crippen MR) is 384 cm³/mol. The normalized spacial score (nSPS) is 13.9. The van der Waals surface area contributed by atoms with Crippen molar-refractivity contribution in [2.24, 2.45) is 0 Å². The molecule has 0 N–H and O–H groups in total. The second-order valence-electron chi connectivity index (χ2n) is 27.1. The number of halogens is 2. The van der Waals surface area contributed by atoms with Crippen LogP contribution >= 0.6 is 62.0 Å². The maximum atomic E-state index is 5.29. The van der Waals surface area contributed by atoms with E-state index in [0.29, 0.717) is 0 Å². The Labute approximate surface area is 546 Å². The highest BCUT2D eigenvalue weighted by Gasteiger charge is 2.49. The molecule has 5 aromatic rings. The molecule has 2 aliphatic rings. The van der Waals surface area contributed by atoms with Crippen LogP contribution in [0.3, 0.4) is 0 Å². The van der Waals surface area contributed by atoms with E-state index in [-0.39, 0.29) is 10.8 Å². The molecule has 0 bridgehead atoms. The molecule has 3 aromatic carbocycles. The molecule has 0 unspecified atom stereocenters. The van der Waals surface area contributed by atoms with Gasteiger partial charge in [0.25, 0.3) is 0 Å². The second kappa shape index (κ2) is 40.3. The Bertz CT molecular complexity index is 2350. The molecule has 0 saturated carbocycles. The lowest BCUT2D eigenvalue weighted by atomic mass is 9.68. The van der Waals surface area contributed by atoms with Gasteiger partial charge in [0.15, 0.2) is 0 Å². The summed E-state index contributed by atoms with van der Waals surface area (Å²) < 4.78 is 23.0. The molecule has 8 heteroatoms. The smallest absolute Gasteiger partial charge is 0.119 e. The van der Waals surface area contributed by atoms with E-state index in [4.69, 9.17) is 17.5 Å². The molecule has 0 spiro atoms. The number of hydrogen-bond acceptors (Lipinski definition) is 6. The minimum absolute atomic E-state index is 0.0559. The number of benzene rings is 3. The Kier molecular flexibility index (Phi) is 33.6. The topological polar surface area (TPSA) is 51.6 Å². The minimum atomic E-state index is -0.0733. The fourth-order valence-corrected chi connectivity index (χ4v) is 18.2. The van der Waals surface area contributed by atoms with Gasteiger partial charge in [-0.3, -0.25) is 0 Å². The van der Waals surface area contributed by atoms with Crippen LogP contribution in [0.2, 0.25) is 0 Å². The molecule has 4 nitrogen and oxygen atoms in total. The first kappa shape index (κ1) is 70.0. The van der Waals surface area contributed by atoms with Crippen LogP contribution in [0.5, 0.6) is 0 Å². The van der Waals surface area contributed by atoms with Gasteiger partial charge in [-0.05, 0) is 122 Å². The summed E-state index contributed by atoms with van der Waals surface area (Å²) in [5.74, 6) is 0. The SMILES string of the molecule is CCCCCCCCCCCCCCC1(CCCCCCCCCCCCCC)c2cc3c(cc2-c2c1cc(Br)c1nsnc21)C(CCCCCCCCCCCCCC)(CCCCCCCCCCCCCC)c1cc(I)c2nsnc2c1-3. The summed E-state index contributed by atoms with van der Waals surface area (Å²) in [5, 5.41) is 0. The lowest BCUT2D eigenvalue weighted by Gasteiger charge is -2.35. The van der Waals surface area contributed by atoms with Crippen LogP contribution in [-0.4, -0.2) is 17.5 Å². The van der Waals surface area contributed by atoms with Crippen molar-refractivity contribution in [2.75, 3.05) is 0 Å². The molecular weight excluding hydrogens is 1240 g/mol. The molecule has 470 valence electrons. The third kappa shape index (κ3) is 20.3. The van der Waals surface area contributed by atoms with E-state index in [0.717, 1.165) is 26.5 Å². The number of hydrogen-bond donors (Lipinski definition) is 0. The maximum Gasteiger partial charge on any atom is 0.119 e. The van der Waals surface area contributed by atoms with Crippen molar-refractivity contribution < 1.29 is 0 Å². The minimum Gasteiger partial charge on any atom is -0.172 e. The number of rotatable bonds is 52. The van der Waals surface area contributed by atoms with Crippen LogP contribution in [-0.2, 0) is 10.8 Å². The van der Waals surface area contributed by atoms with E-state index in [9.17, 15) is 0 Å². The van der Waals surface area contributed by atoms with Crippen LogP contribution in [0.4, 0.5) is 0 Å². The molecule has 0 atom stereocenters. The van der Waals surface area contributed by atoms with Gasteiger partial charge in [-0.1, -0.05) is 336 Å². The van der Waals surface area contributed by atoms with Crippen molar-refractivity contribution >= 4 is 84.0 Å². The van der Waals surface area contributed by atoms with Crippen LogP contribution < -0.4 is 0 Å². The van der Waals surface area contributed by atoms with Gasteiger partial charge >= 0.3 is 0 Å². The van der Waals surface area contributed by atoms with Gasteiger partial charge < -0.3 is 0 Å². The zero-order chi connectivity index (χ0) is 58.9. The average Bonchev–Trinajstić information content (AvgIpc) is 1.54. The molecule has 84 heavy (non-hydrogen) atoms. The van der Waals surface area contributed by atoms with Crippen molar-refractivity contribution in [3.8, 4) is 22.3 Å². The molecule has 0 amide bonds. The zero-order valence-electron chi connectivity index (χ0n) is 54.4. The molecule has 2 heterocycles. The van der Waals surface area contributed by atoms with Gasteiger partial charge in [-0.25, -0.2) is 0 Å². The van der Waals surface area contributed by atoms with Gasteiger partial charge in [0.2, 0.25) is 0 Å². The van der Waals surface area contributed by atoms with Crippen LogP contribution in [0, 0.1) is 3.57 Å². The third-order valence-electron chi connectivity index (χ3n) is 20.6.